The van der Waals surface area contributed by atoms with Gasteiger partial charge in [-0.25, -0.2) is 0 Å². The van der Waals surface area contributed by atoms with Crippen molar-refractivity contribution in [2.45, 2.75) is 31.3 Å². The summed E-state index contributed by atoms with van der Waals surface area (Å²) >= 11 is 0. The van der Waals surface area contributed by atoms with Gasteiger partial charge >= 0.3 is 0 Å². The molecule has 2 atom stereocenters. The van der Waals surface area contributed by atoms with Crippen molar-refractivity contribution >= 4 is 33.5 Å². The van der Waals surface area contributed by atoms with Crippen molar-refractivity contribution in [1.29, 1.82) is 0 Å². The van der Waals surface area contributed by atoms with Gasteiger partial charge in [0.25, 0.3) is 0 Å². The summed E-state index contributed by atoms with van der Waals surface area (Å²) in [4.78, 5) is 29.8. The average Bonchev–Trinajstić information content (AvgIpc) is 3.35. The van der Waals surface area contributed by atoms with Crippen molar-refractivity contribution in [2.75, 3.05) is 19.7 Å². The Morgan fingerprint density at radius 3 is 2.57 bits per heavy atom. The molecule has 2 heterocycles. The highest BCUT2D eigenvalue weighted by Crippen LogP contribution is 2.20. The lowest BCUT2D eigenvalue weighted by Gasteiger charge is -2.24. The Hall–Kier alpha value is -3.94. The number of aliphatic hydroxyl groups is 1. The molecule has 0 spiro atoms. The molecule has 0 radical (unpaired) electrons. The van der Waals surface area contributed by atoms with Crippen molar-refractivity contribution in [3.05, 3.63) is 95.7 Å². The molecule has 3 aromatic carbocycles. The molecule has 0 bridgehead atoms. The van der Waals surface area contributed by atoms with Gasteiger partial charge in [-0.05, 0) is 47.4 Å². The highest BCUT2D eigenvalue weighted by Gasteiger charge is 2.26. The number of amides is 2. The van der Waals surface area contributed by atoms with Crippen LogP contribution in [0.5, 0.6) is 0 Å². The number of fused-ring (bicyclic) bond motifs is 2. The molecule has 0 saturated heterocycles. The smallest absolute Gasteiger partial charge is 0.247 e. The largest absolute Gasteiger partial charge is 0.394 e. The molecule has 37 heavy (non-hydrogen) atoms. The fraction of sp³-hybridized carbons (Fsp3) is 0.267. The van der Waals surface area contributed by atoms with Crippen LogP contribution in [0, 0.1) is 0 Å². The highest BCUT2D eigenvalue weighted by atomic mass is 16.3. The first-order valence-electron chi connectivity index (χ1n) is 12.8. The number of aromatic amines is 1. The van der Waals surface area contributed by atoms with Gasteiger partial charge in [0.15, 0.2) is 0 Å². The van der Waals surface area contributed by atoms with E-state index in [1.165, 1.54) is 0 Å². The van der Waals surface area contributed by atoms with Crippen molar-refractivity contribution < 1.29 is 14.7 Å². The van der Waals surface area contributed by atoms with E-state index in [1.54, 1.807) is 0 Å². The lowest BCUT2D eigenvalue weighted by molar-refractivity contribution is -0.128. The van der Waals surface area contributed by atoms with E-state index in [9.17, 15) is 14.7 Å². The molecule has 5 rings (SSSR count). The number of aromatic nitrogens is 1. The number of rotatable bonds is 9. The van der Waals surface area contributed by atoms with Gasteiger partial charge in [0, 0.05) is 35.6 Å². The molecule has 7 nitrogen and oxygen atoms in total. The summed E-state index contributed by atoms with van der Waals surface area (Å²) in [6.07, 6.45) is 5.23. The molecule has 1 unspecified atom stereocenters. The van der Waals surface area contributed by atoms with Crippen LogP contribution in [0.25, 0.3) is 21.7 Å². The molecule has 0 saturated carbocycles. The third kappa shape index (κ3) is 5.90. The SMILES string of the molecule is O=C(N[C@H](Cc1ccc2ccccc2c1)C(=O)NC(CO)Cc1c[nH]c2ccccc12)C1=CCNCC1. The Morgan fingerprint density at radius 2 is 1.76 bits per heavy atom. The minimum Gasteiger partial charge on any atom is -0.394 e. The summed E-state index contributed by atoms with van der Waals surface area (Å²) in [5.41, 5.74) is 3.67. The molecule has 5 N–H and O–H groups in total. The van der Waals surface area contributed by atoms with E-state index < -0.39 is 12.1 Å². The van der Waals surface area contributed by atoms with E-state index in [4.69, 9.17) is 0 Å². The maximum absolute atomic E-state index is 13.5. The Morgan fingerprint density at radius 1 is 0.946 bits per heavy atom. The third-order valence-corrected chi connectivity index (χ3v) is 6.94. The second-order valence-corrected chi connectivity index (χ2v) is 9.55. The summed E-state index contributed by atoms with van der Waals surface area (Å²) < 4.78 is 0. The lowest BCUT2D eigenvalue weighted by Crippen LogP contribution is -2.52. The fourth-order valence-corrected chi connectivity index (χ4v) is 4.92. The first-order valence-corrected chi connectivity index (χ1v) is 12.8. The first kappa shape index (κ1) is 24.7. The summed E-state index contributed by atoms with van der Waals surface area (Å²) in [6, 6.07) is 20.8. The van der Waals surface area contributed by atoms with Gasteiger partial charge in [0.1, 0.15) is 6.04 Å². The van der Waals surface area contributed by atoms with E-state index in [-0.39, 0.29) is 18.4 Å². The number of hydrogen-bond acceptors (Lipinski definition) is 4. The maximum Gasteiger partial charge on any atom is 0.247 e. The Bertz CT molecular complexity index is 1440. The second kappa shape index (κ2) is 11.4. The second-order valence-electron chi connectivity index (χ2n) is 9.55. The number of benzene rings is 3. The topological polar surface area (TPSA) is 106 Å². The van der Waals surface area contributed by atoms with Gasteiger partial charge in [-0.15, -0.1) is 0 Å². The third-order valence-electron chi connectivity index (χ3n) is 6.94. The summed E-state index contributed by atoms with van der Waals surface area (Å²) in [5.74, 6) is -0.533. The molecule has 4 aromatic rings. The molecule has 1 aromatic heterocycles. The minimum absolute atomic E-state index is 0.210. The van der Waals surface area contributed by atoms with E-state index in [2.05, 4.69) is 27.0 Å². The van der Waals surface area contributed by atoms with Gasteiger partial charge in [-0.3, -0.25) is 9.59 Å². The predicted octanol–water partition coefficient (Wildman–Crippen LogP) is 2.99. The molecule has 7 heteroatoms. The van der Waals surface area contributed by atoms with Crippen LogP contribution in [0.3, 0.4) is 0 Å². The standard InChI is InChI=1S/C30H32N4O3/c35-19-25(17-24-18-32-27-8-4-3-7-26(24)27)33-30(37)28(34-29(36)22-11-13-31-14-12-22)16-20-9-10-21-5-1-2-6-23(21)15-20/h1-11,15,18,25,28,31-32,35H,12-14,16-17,19H2,(H,33,37)(H,34,36)/t25?,28-/m1/s1. The molecule has 2 amide bonds. The van der Waals surface area contributed by atoms with E-state index in [0.717, 1.165) is 39.3 Å². The Labute approximate surface area is 216 Å². The maximum atomic E-state index is 13.5. The van der Waals surface area contributed by atoms with Crippen molar-refractivity contribution in [3.8, 4) is 0 Å². The zero-order valence-electron chi connectivity index (χ0n) is 20.7. The van der Waals surface area contributed by atoms with E-state index in [0.29, 0.717) is 31.4 Å². The fourth-order valence-electron chi connectivity index (χ4n) is 4.92. The summed E-state index contributed by atoms with van der Waals surface area (Å²) in [5, 5.41) is 22.5. The van der Waals surface area contributed by atoms with Crippen LogP contribution in [-0.4, -0.2) is 53.7 Å². The van der Waals surface area contributed by atoms with Crippen LogP contribution in [0.4, 0.5) is 0 Å². The van der Waals surface area contributed by atoms with Crippen molar-refractivity contribution in [2.24, 2.45) is 0 Å². The summed E-state index contributed by atoms with van der Waals surface area (Å²) in [7, 11) is 0. The lowest BCUT2D eigenvalue weighted by atomic mass is 9.99. The zero-order chi connectivity index (χ0) is 25.6. The number of para-hydroxylation sites is 1. The Kier molecular flexibility index (Phi) is 7.63. The van der Waals surface area contributed by atoms with Crippen LogP contribution in [0.2, 0.25) is 0 Å². The van der Waals surface area contributed by atoms with E-state index >= 15 is 0 Å². The minimum atomic E-state index is -0.776. The van der Waals surface area contributed by atoms with Gasteiger partial charge in [-0.2, -0.15) is 0 Å². The van der Waals surface area contributed by atoms with Crippen molar-refractivity contribution in [1.82, 2.24) is 20.9 Å². The average molecular weight is 497 g/mol. The highest BCUT2D eigenvalue weighted by molar-refractivity contribution is 5.97. The van der Waals surface area contributed by atoms with Crippen molar-refractivity contribution in [3.63, 3.8) is 0 Å². The molecule has 1 aliphatic rings. The van der Waals surface area contributed by atoms with Crippen LogP contribution >= 0.6 is 0 Å². The molecule has 190 valence electrons. The number of carbonyl (C=O) groups is 2. The van der Waals surface area contributed by atoms with Gasteiger partial charge in [0.05, 0.1) is 12.6 Å². The van der Waals surface area contributed by atoms with Crippen LogP contribution < -0.4 is 16.0 Å². The number of carbonyl (C=O) groups excluding carboxylic acids is 2. The predicted molar refractivity (Wildman–Crippen MR) is 146 cm³/mol. The van der Waals surface area contributed by atoms with Gasteiger partial charge in [0.2, 0.25) is 11.8 Å². The normalized spacial score (nSPS) is 15.2. The van der Waals surface area contributed by atoms with Gasteiger partial charge < -0.3 is 26.0 Å². The van der Waals surface area contributed by atoms with Crippen LogP contribution in [0.1, 0.15) is 17.5 Å². The van der Waals surface area contributed by atoms with E-state index in [1.807, 2.05) is 72.9 Å². The van der Waals surface area contributed by atoms with Crippen LogP contribution in [-0.2, 0) is 22.4 Å². The Balaban J connectivity index is 1.34. The molecule has 0 aliphatic carbocycles. The zero-order valence-corrected chi connectivity index (χ0v) is 20.7. The molecular formula is C30H32N4O3. The molecule has 1 aliphatic heterocycles. The summed E-state index contributed by atoms with van der Waals surface area (Å²) in [6.45, 7) is 1.16. The van der Waals surface area contributed by atoms with Gasteiger partial charge in [-0.1, -0.05) is 66.7 Å². The molecule has 0 fully saturated rings. The quantitative estimate of drug-likeness (QED) is 0.246. The van der Waals surface area contributed by atoms with Crippen LogP contribution in [0.15, 0.2) is 84.6 Å². The first-order chi connectivity index (χ1) is 18.1. The number of nitrogens with one attached hydrogen (secondary N) is 4. The number of aliphatic hydroxyl groups excluding tert-OH is 1. The molecular weight excluding hydrogens is 464 g/mol. The number of hydrogen-bond donors (Lipinski definition) is 5. The number of H-pyrrole nitrogens is 1. The monoisotopic (exact) mass is 496 g/mol.